The van der Waals surface area contributed by atoms with Gasteiger partial charge in [-0.05, 0) is 94.6 Å². The van der Waals surface area contributed by atoms with Crippen molar-refractivity contribution in [2.45, 2.75) is 148 Å². The third kappa shape index (κ3) is 8.01. The van der Waals surface area contributed by atoms with Gasteiger partial charge in [-0.25, -0.2) is 9.18 Å². The van der Waals surface area contributed by atoms with Gasteiger partial charge < -0.3 is 38.5 Å². The lowest BCUT2D eigenvalue weighted by Gasteiger charge is -2.54. The van der Waals surface area contributed by atoms with E-state index in [1.54, 1.807) is 37.8 Å². The number of carbonyl (C=O) groups excluding carboxylic acids is 3. The van der Waals surface area contributed by atoms with Gasteiger partial charge in [-0.15, -0.1) is 6.58 Å². The maximum absolute atomic E-state index is 17.4. The number of hydrogen-bond acceptors (Lipinski definition) is 11. The first-order chi connectivity index (χ1) is 27.7. The van der Waals surface area contributed by atoms with Crippen molar-refractivity contribution < 1.29 is 47.0 Å². The van der Waals surface area contributed by atoms with E-state index in [1.165, 1.54) is 0 Å². The molecule has 1 amide bonds. The average molecular weight is 838 g/mol. The van der Waals surface area contributed by atoms with E-state index in [0.717, 1.165) is 12.8 Å². The number of amides is 1. The van der Waals surface area contributed by atoms with Gasteiger partial charge in [-0.2, -0.15) is 0 Å². The third-order valence-corrected chi connectivity index (χ3v) is 17.2. The number of rotatable bonds is 14. The van der Waals surface area contributed by atoms with Crippen molar-refractivity contribution in [2.24, 2.45) is 11.8 Å². The summed E-state index contributed by atoms with van der Waals surface area (Å²) in [4.78, 5) is 46.2. The van der Waals surface area contributed by atoms with Crippen molar-refractivity contribution >= 4 is 31.7 Å². The summed E-state index contributed by atoms with van der Waals surface area (Å²) in [6.45, 7) is 24.7. The number of fused-ring (bicyclic) bond motifs is 4. The lowest BCUT2D eigenvalue weighted by molar-refractivity contribution is -0.138. The van der Waals surface area contributed by atoms with Crippen LogP contribution in [0.15, 0.2) is 28.8 Å². The molecule has 1 aliphatic heterocycles. The van der Waals surface area contributed by atoms with E-state index in [-0.39, 0.29) is 71.3 Å². The lowest BCUT2D eigenvalue weighted by Crippen LogP contribution is -2.68. The molecule has 1 saturated heterocycles. The number of likely N-dealkylation sites (tertiary alicyclic amines) is 1. The number of ketones is 2. The number of aliphatic hydroxyl groups is 1. The second-order valence-corrected chi connectivity index (χ2v) is 23.8. The number of halogens is 1. The Hall–Kier alpha value is -4.01. The van der Waals surface area contributed by atoms with E-state index < -0.39 is 77.7 Å². The van der Waals surface area contributed by atoms with Gasteiger partial charge in [0.25, 0.3) is 5.88 Å². The van der Waals surface area contributed by atoms with Crippen LogP contribution in [0, 0.1) is 17.7 Å². The number of carbonyl (C=O) groups is 3. The number of nitrogens with zero attached hydrogens (tertiary/aromatic N) is 2. The van der Waals surface area contributed by atoms with Gasteiger partial charge in [-0.1, -0.05) is 53.5 Å². The van der Waals surface area contributed by atoms with Crippen LogP contribution < -0.4 is 14.8 Å². The predicted octanol–water partition coefficient (Wildman–Crippen LogP) is 9.75. The summed E-state index contributed by atoms with van der Waals surface area (Å²) in [7, 11) is -2.96. The Labute approximate surface area is 349 Å². The van der Waals surface area contributed by atoms with E-state index in [1.807, 2.05) is 47.7 Å². The fourth-order valence-electron chi connectivity index (χ4n) is 8.78. The number of Topliss-reactive ketones (excluding diaryl/α,β-unsaturated/α-hetero) is 2. The molecule has 1 saturated carbocycles. The highest BCUT2D eigenvalue weighted by molar-refractivity contribution is 6.74. The number of benzene rings is 1. The van der Waals surface area contributed by atoms with Crippen LogP contribution in [0.25, 0.3) is 5.76 Å². The third-order valence-electron chi connectivity index (χ3n) is 12.7. The van der Waals surface area contributed by atoms with Crippen LogP contribution in [0.5, 0.6) is 11.6 Å². The minimum atomic E-state index is -2.96. The number of unbranched alkanes of at least 4 members (excludes halogenated alkanes) is 2. The average Bonchev–Trinajstić information content (AvgIpc) is 3.81. The Bertz CT molecular complexity index is 2000. The zero-order valence-electron chi connectivity index (χ0n) is 36.6. The molecule has 2 fully saturated rings. The fourth-order valence-corrected chi connectivity index (χ4v) is 10.2. The molecule has 2 heterocycles. The molecule has 4 aliphatic rings. The van der Waals surface area contributed by atoms with Crippen LogP contribution in [0.1, 0.15) is 145 Å². The van der Waals surface area contributed by atoms with Gasteiger partial charge >= 0.3 is 6.09 Å². The van der Waals surface area contributed by atoms with Crippen LogP contribution >= 0.6 is 0 Å². The maximum atomic E-state index is 17.4. The maximum Gasteiger partial charge on any atom is 0.410 e. The number of aromatic nitrogens is 1. The van der Waals surface area contributed by atoms with Crippen LogP contribution in [-0.2, 0) is 20.4 Å². The summed E-state index contributed by atoms with van der Waals surface area (Å²) in [6.07, 6.45) is 5.59. The van der Waals surface area contributed by atoms with E-state index in [2.05, 4.69) is 17.1 Å². The number of aliphatic hydroxyl groups excluding tert-OH is 1. The first-order valence-electron chi connectivity index (χ1n) is 21.4. The van der Waals surface area contributed by atoms with Gasteiger partial charge in [-0.3, -0.25) is 9.59 Å². The van der Waals surface area contributed by atoms with Crippen LogP contribution in [0.3, 0.4) is 0 Å². The molecule has 14 heteroatoms. The largest absolute Gasteiger partial charge is 0.507 e. The van der Waals surface area contributed by atoms with E-state index >= 15 is 14.0 Å². The van der Waals surface area contributed by atoms with Gasteiger partial charge in [0.1, 0.15) is 28.5 Å². The quantitative estimate of drug-likeness (QED) is 0.0811. The molecule has 3 aliphatic carbocycles. The van der Waals surface area contributed by atoms with Crippen LogP contribution in [0.4, 0.5) is 9.18 Å². The van der Waals surface area contributed by atoms with Crippen molar-refractivity contribution in [2.75, 3.05) is 26.3 Å². The molecule has 5 atom stereocenters. The van der Waals surface area contributed by atoms with Gasteiger partial charge in [0.15, 0.2) is 19.7 Å². The first kappa shape index (κ1) is 44.5. The van der Waals surface area contributed by atoms with Crippen molar-refractivity contribution in [3.05, 3.63) is 58.1 Å². The summed E-state index contributed by atoms with van der Waals surface area (Å²) in [6, 6.07) is 0.189. The normalized spacial score (nSPS) is 24.4. The van der Waals surface area contributed by atoms with Gasteiger partial charge in [0, 0.05) is 35.7 Å². The Morgan fingerprint density at radius 3 is 2.41 bits per heavy atom. The zero-order chi connectivity index (χ0) is 43.2. The smallest absolute Gasteiger partial charge is 0.410 e. The highest BCUT2D eigenvalue weighted by atomic mass is 28.4. The molecule has 6 rings (SSSR count). The summed E-state index contributed by atoms with van der Waals surface area (Å²) in [5.74, 6) is -3.37. The minimum Gasteiger partial charge on any atom is -0.507 e. The van der Waals surface area contributed by atoms with E-state index in [4.69, 9.17) is 23.2 Å². The molecular weight excluding hydrogens is 774 g/mol. The van der Waals surface area contributed by atoms with Crippen molar-refractivity contribution in [3.8, 4) is 11.6 Å². The molecule has 12 nitrogen and oxygen atoms in total. The van der Waals surface area contributed by atoms with Crippen molar-refractivity contribution in [1.29, 1.82) is 0 Å². The zero-order valence-corrected chi connectivity index (χ0v) is 37.6. The Morgan fingerprint density at radius 1 is 1.10 bits per heavy atom. The Balaban J connectivity index is 1.56. The first-order valence-corrected chi connectivity index (χ1v) is 24.3. The lowest BCUT2D eigenvalue weighted by atomic mass is 9.57. The molecule has 0 radical (unpaired) electrons. The molecule has 324 valence electrons. The molecule has 1 aromatic carbocycles. The molecule has 2 aromatic rings. The minimum absolute atomic E-state index is 0.00354. The van der Waals surface area contributed by atoms with Gasteiger partial charge in [0.05, 0.1) is 30.9 Å². The van der Waals surface area contributed by atoms with Crippen LogP contribution in [-0.4, -0.2) is 78.6 Å². The summed E-state index contributed by atoms with van der Waals surface area (Å²) >= 11 is 0. The topological polar surface area (TPSA) is 150 Å². The molecule has 0 spiro atoms. The number of nitrogens with one attached hydrogen (secondary N) is 1. The molecule has 1 aromatic heterocycles. The summed E-state index contributed by atoms with van der Waals surface area (Å²) in [5.41, 5.74) is -2.22. The van der Waals surface area contributed by atoms with E-state index in [9.17, 15) is 9.90 Å². The second kappa shape index (κ2) is 16.8. The Kier molecular flexibility index (Phi) is 12.7. The van der Waals surface area contributed by atoms with Gasteiger partial charge in [0.2, 0.25) is 11.6 Å². The second-order valence-electron chi connectivity index (χ2n) is 19.0. The summed E-state index contributed by atoms with van der Waals surface area (Å²) in [5, 5.41) is 19.8. The van der Waals surface area contributed by atoms with E-state index in [0.29, 0.717) is 38.8 Å². The number of ether oxygens (including phenoxy) is 3. The van der Waals surface area contributed by atoms with Crippen molar-refractivity contribution in [1.82, 2.24) is 15.4 Å². The monoisotopic (exact) mass is 837 g/mol. The molecule has 59 heavy (non-hydrogen) atoms. The highest BCUT2D eigenvalue weighted by Crippen LogP contribution is 2.58. The predicted molar refractivity (Wildman–Crippen MR) is 225 cm³/mol. The summed E-state index contributed by atoms with van der Waals surface area (Å²) < 4.78 is 48.6. The van der Waals surface area contributed by atoms with Crippen molar-refractivity contribution in [3.63, 3.8) is 0 Å². The SMILES string of the molecule is C=CCN[C@@H]1c2onc(OCCCC)c2C(=O)[C@@]2(O[Si](C)(C)C(C)(C)C)C(=O)C3=C(O)c4c(OCCCC)cc(C5CCCN5C(=O)OC(C)(C)C)c(F)c4C[C@H]3C[C@@H]12. The van der Waals surface area contributed by atoms with Crippen LogP contribution in [0.2, 0.25) is 18.1 Å². The molecular formula is C45H64FN3O9Si. The standard InChI is InChI=1S/C45H64FN3O9Si/c1-12-15-21-54-31-25-27(30-18-17-20-49(30)42(53)56-43(4,5)6)35(46)28-23-26-24-29-36(47-19-14-3)38-34(41(48-57-38)55-22-16-13-2)40(52)45(29,58-59(10,11)44(7,8)9)39(51)32(26)37(50)33(28)31/h14,25-26,29-30,36,47,50H,3,12-13,15-24H2,1-2,4-11H3/t26-,29-,30?,36-,45-/m0/s1. The number of hydrogen-bond donors (Lipinski definition) is 2. The fraction of sp³-hybridized carbons (Fsp3) is 0.644. The highest BCUT2D eigenvalue weighted by Gasteiger charge is 2.68. The molecule has 0 bridgehead atoms. The Morgan fingerprint density at radius 2 is 1.78 bits per heavy atom. The molecule has 1 unspecified atom stereocenters. The molecule has 2 N–H and O–H groups in total.